The Kier molecular flexibility index (Phi) is 9.62. The molecule has 0 aliphatic carbocycles. The standard InChI is InChI=1S/C14H12O2.C2H6.CH5N/c1-16-13-9-7-12(8-10-13)14(15)11-5-3-2-4-6-11;2*1-2/h2-10H,1H3;1-2H3;2H2,1H3. The van der Waals surface area contributed by atoms with E-state index in [1.54, 1.807) is 31.4 Å². The maximum Gasteiger partial charge on any atom is 0.193 e. The van der Waals surface area contributed by atoms with Gasteiger partial charge in [-0.1, -0.05) is 44.2 Å². The first-order valence-corrected chi connectivity index (χ1v) is 6.63. The molecule has 0 heterocycles. The van der Waals surface area contributed by atoms with Crippen LogP contribution < -0.4 is 10.5 Å². The van der Waals surface area contributed by atoms with Gasteiger partial charge in [0.25, 0.3) is 0 Å². The van der Waals surface area contributed by atoms with Crippen molar-refractivity contribution in [2.24, 2.45) is 5.73 Å². The zero-order valence-corrected chi connectivity index (χ0v) is 12.6. The molecule has 0 atom stereocenters. The molecule has 0 bridgehead atoms. The van der Waals surface area contributed by atoms with Crippen LogP contribution in [-0.2, 0) is 0 Å². The highest BCUT2D eigenvalue weighted by atomic mass is 16.5. The molecule has 0 fully saturated rings. The number of hydrogen-bond acceptors (Lipinski definition) is 3. The number of rotatable bonds is 3. The minimum atomic E-state index is 0.0308. The number of ketones is 1. The first kappa shape index (κ1) is 17.9. The Hall–Kier alpha value is -2.13. The van der Waals surface area contributed by atoms with Crippen molar-refractivity contribution in [2.45, 2.75) is 13.8 Å². The van der Waals surface area contributed by atoms with E-state index in [0.29, 0.717) is 11.1 Å². The van der Waals surface area contributed by atoms with Crippen molar-refractivity contribution in [3.63, 3.8) is 0 Å². The van der Waals surface area contributed by atoms with Crippen molar-refractivity contribution in [2.75, 3.05) is 14.2 Å². The zero-order valence-electron chi connectivity index (χ0n) is 12.6. The Bertz CT molecular complexity index is 478. The number of benzene rings is 2. The Morgan fingerprint density at radius 3 is 1.75 bits per heavy atom. The third kappa shape index (κ3) is 5.24. The van der Waals surface area contributed by atoms with E-state index < -0.39 is 0 Å². The normalized spacial score (nSPS) is 8.45. The number of carbonyl (C=O) groups excluding carboxylic acids is 1. The number of nitrogens with two attached hydrogens (primary N) is 1. The molecule has 0 aromatic heterocycles. The van der Waals surface area contributed by atoms with Crippen LogP contribution in [0.1, 0.15) is 29.8 Å². The van der Waals surface area contributed by atoms with Crippen LogP contribution in [0.2, 0.25) is 0 Å². The molecular formula is C17H23NO2. The van der Waals surface area contributed by atoms with E-state index in [4.69, 9.17) is 4.74 Å². The van der Waals surface area contributed by atoms with Crippen LogP contribution in [0.25, 0.3) is 0 Å². The summed E-state index contributed by atoms with van der Waals surface area (Å²) in [6, 6.07) is 16.4. The maximum atomic E-state index is 12.0. The molecule has 2 rings (SSSR count). The second kappa shape index (κ2) is 10.8. The van der Waals surface area contributed by atoms with Gasteiger partial charge in [0.15, 0.2) is 5.78 Å². The topological polar surface area (TPSA) is 52.3 Å². The van der Waals surface area contributed by atoms with Crippen molar-refractivity contribution in [3.05, 3.63) is 65.7 Å². The minimum Gasteiger partial charge on any atom is -0.497 e. The molecule has 0 saturated carbocycles. The van der Waals surface area contributed by atoms with Crippen LogP contribution >= 0.6 is 0 Å². The van der Waals surface area contributed by atoms with Gasteiger partial charge in [0, 0.05) is 11.1 Å². The fourth-order valence-electron chi connectivity index (χ4n) is 1.50. The number of methoxy groups -OCH3 is 1. The number of ether oxygens (including phenoxy) is 1. The molecule has 0 aliphatic rings. The smallest absolute Gasteiger partial charge is 0.193 e. The summed E-state index contributed by atoms with van der Waals surface area (Å²) in [6.07, 6.45) is 0. The summed E-state index contributed by atoms with van der Waals surface area (Å²) in [5.41, 5.74) is 5.87. The predicted octanol–water partition coefficient (Wildman–Crippen LogP) is 3.53. The van der Waals surface area contributed by atoms with E-state index in [0.717, 1.165) is 5.75 Å². The molecule has 0 spiro atoms. The molecule has 0 aliphatic heterocycles. The van der Waals surface area contributed by atoms with Gasteiger partial charge in [0.05, 0.1) is 7.11 Å². The summed E-state index contributed by atoms with van der Waals surface area (Å²) in [5, 5.41) is 0. The average Bonchev–Trinajstić information content (AvgIpc) is 2.59. The number of hydrogen-bond donors (Lipinski definition) is 1. The van der Waals surface area contributed by atoms with Crippen LogP contribution in [0.3, 0.4) is 0 Å². The molecule has 3 heteroatoms. The Labute approximate surface area is 121 Å². The SMILES string of the molecule is CC.CN.COc1ccc(C(=O)c2ccccc2)cc1. The third-order valence-electron chi connectivity index (χ3n) is 2.39. The van der Waals surface area contributed by atoms with E-state index >= 15 is 0 Å². The van der Waals surface area contributed by atoms with Crippen LogP contribution in [0.15, 0.2) is 54.6 Å². The van der Waals surface area contributed by atoms with Crippen molar-refractivity contribution >= 4 is 5.78 Å². The van der Waals surface area contributed by atoms with Crippen molar-refractivity contribution in [3.8, 4) is 5.75 Å². The van der Waals surface area contributed by atoms with Gasteiger partial charge in [-0.15, -0.1) is 0 Å². The Morgan fingerprint density at radius 2 is 1.30 bits per heavy atom. The van der Waals surface area contributed by atoms with Crippen molar-refractivity contribution in [1.29, 1.82) is 0 Å². The summed E-state index contributed by atoms with van der Waals surface area (Å²) >= 11 is 0. The number of carbonyl (C=O) groups is 1. The van der Waals surface area contributed by atoms with Gasteiger partial charge in [0.1, 0.15) is 5.75 Å². The van der Waals surface area contributed by atoms with Gasteiger partial charge in [0.2, 0.25) is 0 Å². The highest BCUT2D eigenvalue weighted by molar-refractivity contribution is 6.08. The molecule has 3 nitrogen and oxygen atoms in total. The predicted molar refractivity (Wildman–Crippen MR) is 84.3 cm³/mol. The maximum absolute atomic E-state index is 12.0. The fraction of sp³-hybridized carbons (Fsp3) is 0.235. The van der Waals surface area contributed by atoms with Gasteiger partial charge < -0.3 is 10.5 Å². The largest absolute Gasteiger partial charge is 0.497 e. The van der Waals surface area contributed by atoms with E-state index in [-0.39, 0.29) is 5.78 Å². The molecule has 20 heavy (non-hydrogen) atoms. The lowest BCUT2D eigenvalue weighted by Gasteiger charge is -2.02. The Morgan fingerprint density at radius 1 is 0.850 bits per heavy atom. The van der Waals surface area contributed by atoms with Crippen molar-refractivity contribution < 1.29 is 9.53 Å². The average molecular weight is 273 g/mol. The van der Waals surface area contributed by atoms with E-state index in [1.807, 2.05) is 44.2 Å². The highest BCUT2D eigenvalue weighted by Crippen LogP contribution is 2.14. The first-order chi connectivity index (χ1) is 9.81. The van der Waals surface area contributed by atoms with Gasteiger partial charge in [-0.25, -0.2) is 0 Å². The zero-order chi connectivity index (χ0) is 15.4. The van der Waals surface area contributed by atoms with Gasteiger partial charge in [-0.3, -0.25) is 4.79 Å². The fourth-order valence-corrected chi connectivity index (χ4v) is 1.50. The summed E-state index contributed by atoms with van der Waals surface area (Å²) in [4.78, 5) is 12.0. The summed E-state index contributed by atoms with van der Waals surface area (Å²) < 4.78 is 5.04. The molecule has 2 N–H and O–H groups in total. The van der Waals surface area contributed by atoms with E-state index in [2.05, 4.69) is 5.73 Å². The summed E-state index contributed by atoms with van der Waals surface area (Å²) in [5.74, 6) is 0.785. The molecule has 2 aromatic carbocycles. The minimum absolute atomic E-state index is 0.0308. The molecule has 0 unspecified atom stereocenters. The highest BCUT2D eigenvalue weighted by Gasteiger charge is 2.07. The molecule has 108 valence electrons. The van der Waals surface area contributed by atoms with Crippen LogP contribution in [-0.4, -0.2) is 19.9 Å². The second-order valence-corrected chi connectivity index (χ2v) is 3.42. The van der Waals surface area contributed by atoms with Crippen molar-refractivity contribution in [1.82, 2.24) is 0 Å². The summed E-state index contributed by atoms with van der Waals surface area (Å²) in [7, 11) is 3.11. The lowest BCUT2D eigenvalue weighted by molar-refractivity contribution is 0.103. The molecule has 0 amide bonds. The third-order valence-corrected chi connectivity index (χ3v) is 2.39. The lowest BCUT2D eigenvalue weighted by Crippen LogP contribution is -2.00. The van der Waals surface area contributed by atoms with Gasteiger partial charge in [-0.2, -0.15) is 0 Å². The van der Waals surface area contributed by atoms with Crippen LogP contribution in [0.5, 0.6) is 5.75 Å². The van der Waals surface area contributed by atoms with Crippen LogP contribution in [0, 0.1) is 0 Å². The van der Waals surface area contributed by atoms with E-state index in [1.165, 1.54) is 7.05 Å². The summed E-state index contributed by atoms with van der Waals surface area (Å²) in [6.45, 7) is 4.00. The van der Waals surface area contributed by atoms with Crippen LogP contribution in [0.4, 0.5) is 0 Å². The van der Waals surface area contributed by atoms with Gasteiger partial charge in [-0.05, 0) is 31.3 Å². The first-order valence-electron chi connectivity index (χ1n) is 6.63. The quantitative estimate of drug-likeness (QED) is 0.870. The Balaban J connectivity index is 0.000000829. The van der Waals surface area contributed by atoms with Gasteiger partial charge >= 0.3 is 0 Å². The molecule has 0 radical (unpaired) electrons. The van der Waals surface area contributed by atoms with E-state index in [9.17, 15) is 4.79 Å². The monoisotopic (exact) mass is 273 g/mol. The lowest BCUT2D eigenvalue weighted by atomic mass is 10.0. The molecule has 2 aromatic rings. The molecular weight excluding hydrogens is 250 g/mol. The molecule has 0 saturated heterocycles. The second-order valence-electron chi connectivity index (χ2n) is 3.42.